The molecule has 2 heterocycles. The SMILES string of the molecule is COCC(=O)N1CCN(Cc2cccc(OCCCn3cc(C)cn3)c2)CC(O)(COc2cc(F)cc(F)c2)C1. The second-order valence-corrected chi connectivity index (χ2v) is 10.2. The Labute approximate surface area is 232 Å². The molecule has 0 saturated carbocycles. The maximum Gasteiger partial charge on any atom is 0.248 e. The van der Waals surface area contributed by atoms with Crippen molar-refractivity contribution in [3.8, 4) is 11.5 Å². The van der Waals surface area contributed by atoms with Crippen molar-refractivity contribution in [3.05, 3.63) is 77.6 Å². The lowest BCUT2D eigenvalue weighted by Crippen LogP contribution is -2.52. The summed E-state index contributed by atoms with van der Waals surface area (Å²) in [6, 6.07) is 10.6. The quantitative estimate of drug-likeness (QED) is 0.342. The van der Waals surface area contributed by atoms with E-state index in [2.05, 4.69) is 5.10 Å². The second kappa shape index (κ2) is 13.7. The topological polar surface area (TPSA) is 89.3 Å². The first kappa shape index (κ1) is 29.4. The van der Waals surface area contributed by atoms with Crippen LogP contribution in [-0.2, 0) is 22.6 Å². The van der Waals surface area contributed by atoms with E-state index in [4.69, 9.17) is 14.2 Å². The van der Waals surface area contributed by atoms with Crippen LogP contribution >= 0.6 is 0 Å². The molecular formula is C29H36F2N4O5. The Hall–Kier alpha value is -3.54. The van der Waals surface area contributed by atoms with E-state index in [1.54, 1.807) is 0 Å². The Bertz CT molecular complexity index is 1250. The van der Waals surface area contributed by atoms with Crippen LogP contribution in [0, 0.1) is 18.6 Å². The monoisotopic (exact) mass is 558 g/mol. The number of amides is 1. The van der Waals surface area contributed by atoms with Gasteiger partial charge in [-0.05, 0) is 30.2 Å². The zero-order chi connectivity index (χ0) is 28.5. The van der Waals surface area contributed by atoms with Crippen molar-refractivity contribution in [1.29, 1.82) is 0 Å². The molecule has 216 valence electrons. The van der Waals surface area contributed by atoms with E-state index in [0.717, 1.165) is 48.0 Å². The van der Waals surface area contributed by atoms with Crippen molar-refractivity contribution in [2.24, 2.45) is 0 Å². The van der Waals surface area contributed by atoms with Gasteiger partial charge in [-0.3, -0.25) is 14.4 Å². The third-order valence-corrected chi connectivity index (χ3v) is 6.52. The smallest absolute Gasteiger partial charge is 0.248 e. The molecule has 4 rings (SSSR count). The number of hydrogen-bond donors (Lipinski definition) is 1. The van der Waals surface area contributed by atoms with E-state index >= 15 is 0 Å². The number of ether oxygens (including phenoxy) is 3. The molecule has 1 fully saturated rings. The van der Waals surface area contributed by atoms with Gasteiger partial charge in [0.15, 0.2) is 0 Å². The molecule has 0 aliphatic carbocycles. The molecule has 1 unspecified atom stereocenters. The number of aryl methyl sites for hydroxylation is 2. The number of halogens is 2. The fourth-order valence-electron chi connectivity index (χ4n) is 4.72. The van der Waals surface area contributed by atoms with E-state index in [-0.39, 0.29) is 38.0 Å². The van der Waals surface area contributed by atoms with Gasteiger partial charge in [-0.15, -0.1) is 0 Å². The fourth-order valence-corrected chi connectivity index (χ4v) is 4.72. The summed E-state index contributed by atoms with van der Waals surface area (Å²) in [6.07, 6.45) is 4.63. The number of carbonyl (C=O) groups is 1. The van der Waals surface area contributed by atoms with E-state index in [9.17, 15) is 18.7 Å². The average molecular weight is 559 g/mol. The minimum atomic E-state index is -1.50. The van der Waals surface area contributed by atoms with Crippen LogP contribution in [-0.4, -0.2) is 89.3 Å². The predicted octanol–water partition coefficient (Wildman–Crippen LogP) is 3.04. The molecule has 11 heteroatoms. The van der Waals surface area contributed by atoms with Crippen LogP contribution in [0.5, 0.6) is 11.5 Å². The van der Waals surface area contributed by atoms with Gasteiger partial charge in [0, 0.05) is 70.7 Å². The Balaban J connectivity index is 1.39. The molecule has 1 aliphatic heterocycles. The molecule has 1 aliphatic rings. The Morgan fingerprint density at radius 3 is 2.60 bits per heavy atom. The largest absolute Gasteiger partial charge is 0.494 e. The van der Waals surface area contributed by atoms with Crippen LogP contribution < -0.4 is 9.47 Å². The highest BCUT2D eigenvalue weighted by Crippen LogP contribution is 2.22. The van der Waals surface area contributed by atoms with Crippen molar-refractivity contribution < 1.29 is 32.9 Å². The molecule has 1 saturated heterocycles. The van der Waals surface area contributed by atoms with E-state index in [1.807, 2.05) is 53.2 Å². The summed E-state index contributed by atoms with van der Waals surface area (Å²) in [5.74, 6) is -1.11. The number of aliphatic hydroxyl groups is 1. The van der Waals surface area contributed by atoms with Gasteiger partial charge in [-0.2, -0.15) is 5.10 Å². The summed E-state index contributed by atoms with van der Waals surface area (Å²) in [4.78, 5) is 16.2. The Kier molecular flexibility index (Phi) is 10.1. The van der Waals surface area contributed by atoms with Crippen LogP contribution in [0.15, 0.2) is 54.9 Å². The number of hydrogen-bond acceptors (Lipinski definition) is 7. The number of β-amino-alcohol motifs (C(OH)–C–C–N with tert-alkyl or cyclic N) is 1. The average Bonchev–Trinajstić information content (AvgIpc) is 3.24. The van der Waals surface area contributed by atoms with Gasteiger partial charge in [0.25, 0.3) is 0 Å². The highest BCUT2D eigenvalue weighted by atomic mass is 19.1. The first-order chi connectivity index (χ1) is 19.2. The summed E-state index contributed by atoms with van der Waals surface area (Å²) in [5, 5.41) is 15.8. The van der Waals surface area contributed by atoms with Gasteiger partial charge < -0.3 is 24.2 Å². The van der Waals surface area contributed by atoms with Gasteiger partial charge >= 0.3 is 0 Å². The van der Waals surface area contributed by atoms with Crippen LogP contribution in [0.4, 0.5) is 8.78 Å². The fraction of sp³-hybridized carbons (Fsp3) is 0.448. The van der Waals surface area contributed by atoms with Crippen molar-refractivity contribution in [2.45, 2.75) is 32.0 Å². The first-order valence-corrected chi connectivity index (χ1v) is 13.2. The zero-order valence-corrected chi connectivity index (χ0v) is 22.9. The van der Waals surface area contributed by atoms with Crippen molar-refractivity contribution in [1.82, 2.24) is 19.6 Å². The molecule has 9 nitrogen and oxygen atoms in total. The second-order valence-electron chi connectivity index (χ2n) is 10.2. The standard InChI is InChI=1S/C29H36F2N4O5/c1-22-15-32-35(16-22)7-4-10-39-26-6-3-5-23(11-26)17-33-8-9-34(28(36)18-38-2)20-29(37,19-33)21-40-27-13-24(30)12-25(31)14-27/h3,5-6,11-16,37H,4,7-10,17-21H2,1-2H3. The summed E-state index contributed by atoms with van der Waals surface area (Å²) in [7, 11) is 1.43. The van der Waals surface area contributed by atoms with Crippen molar-refractivity contribution >= 4 is 5.91 Å². The number of methoxy groups -OCH3 is 1. The van der Waals surface area contributed by atoms with Crippen LogP contribution in [0.2, 0.25) is 0 Å². The minimum Gasteiger partial charge on any atom is -0.494 e. The zero-order valence-electron chi connectivity index (χ0n) is 22.9. The van der Waals surface area contributed by atoms with Crippen LogP contribution in [0.1, 0.15) is 17.5 Å². The summed E-state index contributed by atoms with van der Waals surface area (Å²) in [6.45, 7) is 4.47. The number of nitrogens with zero attached hydrogens (tertiary/aromatic N) is 4. The lowest BCUT2D eigenvalue weighted by molar-refractivity contribution is -0.138. The van der Waals surface area contributed by atoms with Gasteiger partial charge in [-0.25, -0.2) is 8.78 Å². The molecule has 0 bridgehead atoms. The number of benzene rings is 2. The molecule has 1 aromatic heterocycles. The van der Waals surface area contributed by atoms with Crippen molar-refractivity contribution in [3.63, 3.8) is 0 Å². The van der Waals surface area contributed by atoms with Crippen molar-refractivity contribution in [2.75, 3.05) is 53.1 Å². The molecule has 3 aromatic rings. The van der Waals surface area contributed by atoms with Gasteiger partial charge in [-0.1, -0.05) is 12.1 Å². The molecule has 1 atom stereocenters. The molecule has 1 amide bonds. The number of rotatable bonds is 12. The van der Waals surface area contributed by atoms with E-state index in [1.165, 1.54) is 12.0 Å². The molecule has 0 radical (unpaired) electrons. The highest BCUT2D eigenvalue weighted by Gasteiger charge is 2.37. The van der Waals surface area contributed by atoms with Gasteiger partial charge in [0.1, 0.15) is 41.9 Å². The third kappa shape index (κ3) is 8.73. The Morgan fingerprint density at radius 2 is 1.88 bits per heavy atom. The van der Waals surface area contributed by atoms with Gasteiger partial charge in [0.2, 0.25) is 5.91 Å². The normalized spacial score (nSPS) is 18.0. The molecule has 40 heavy (non-hydrogen) atoms. The molecule has 0 spiro atoms. The lowest BCUT2D eigenvalue weighted by atomic mass is 10.0. The maximum absolute atomic E-state index is 13.6. The summed E-state index contributed by atoms with van der Waals surface area (Å²) >= 11 is 0. The molecule has 1 N–H and O–H groups in total. The van der Waals surface area contributed by atoms with E-state index < -0.39 is 17.2 Å². The van der Waals surface area contributed by atoms with E-state index in [0.29, 0.717) is 26.2 Å². The van der Waals surface area contributed by atoms with Crippen LogP contribution in [0.3, 0.4) is 0 Å². The number of carbonyl (C=O) groups excluding carboxylic acids is 1. The summed E-state index contributed by atoms with van der Waals surface area (Å²) in [5.41, 5.74) is 0.601. The highest BCUT2D eigenvalue weighted by molar-refractivity contribution is 5.77. The van der Waals surface area contributed by atoms with Crippen LogP contribution in [0.25, 0.3) is 0 Å². The van der Waals surface area contributed by atoms with Gasteiger partial charge in [0.05, 0.1) is 19.3 Å². The Morgan fingerprint density at radius 1 is 1.07 bits per heavy atom. The lowest BCUT2D eigenvalue weighted by Gasteiger charge is -2.33. The molecule has 2 aromatic carbocycles. The maximum atomic E-state index is 13.6. The minimum absolute atomic E-state index is 0.0115. The predicted molar refractivity (Wildman–Crippen MR) is 144 cm³/mol. The first-order valence-electron chi connectivity index (χ1n) is 13.2. The summed E-state index contributed by atoms with van der Waals surface area (Å²) < 4.78 is 45.8. The number of aromatic nitrogens is 2. The third-order valence-electron chi connectivity index (χ3n) is 6.52. The molecular weight excluding hydrogens is 522 g/mol.